The number of carbonyl (C=O) groups excluding carboxylic acids is 1. The predicted octanol–water partition coefficient (Wildman–Crippen LogP) is 2.16. The van der Waals surface area contributed by atoms with E-state index < -0.39 is 6.04 Å². The summed E-state index contributed by atoms with van der Waals surface area (Å²) in [5.41, 5.74) is 5.64. The van der Waals surface area contributed by atoms with Crippen LogP contribution in [0.3, 0.4) is 0 Å². The van der Waals surface area contributed by atoms with Crippen molar-refractivity contribution < 1.29 is 9.53 Å². The molecule has 1 fully saturated rings. The molecule has 1 aliphatic carbocycles. The molecule has 1 atom stereocenters. The van der Waals surface area contributed by atoms with Crippen LogP contribution in [0.1, 0.15) is 44.9 Å². The molecule has 86 valence electrons. The SMILES string of the molecule is C=CCC(N)C(=O)OC1CCCCCC1. The molecule has 0 heterocycles. The van der Waals surface area contributed by atoms with E-state index in [1.165, 1.54) is 12.8 Å². The summed E-state index contributed by atoms with van der Waals surface area (Å²) in [6, 6.07) is -0.536. The van der Waals surface area contributed by atoms with Crippen LogP contribution in [0.2, 0.25) is 0 Å². The summed E-state index contributed by atoms with van der Waals surface area (Å²) in [4.78, 5) is 11.5. The molecule has 1 unspecified atom stereocenters. The topological polar surface area (TPSA) is 52.3 Å². The van der Waals surface area contributed by atoms with Crippen molar-refractivity contribution in [3.63, 3.8) is 0 Å². The van der Waals surface area contributed by atoms with Gasteiger partial charge in [0.05, 0.1) is 0 Å². The Morgan fingerprint density at radius 1 is 1.40 bits per heavy atom. The van der Waals surface area contributed by atoms with Crippen molar-refractivity contribution in [1.82, 2.24) is 0 Å². The first kappa shape index (κ1) is 12.2. The lowest BCUT2D eigenvalue weighted by molar-refractivity contribution is -0.151. The summed E-state index contributed by atoms with van der Waals surface area (Å²) in [6.45, 7) is 3.56. The third kappa shape index (κ3) is 4.47. The molecule has 3 heteroatoms. The fraction of sp³-hybridized carbons (Fsp3) is 0.750. The highest BCUT2D eigenvalue weighted by Crippen LogP contribution is 2.20. The van der Waals surface area contributed by atoms with Gasteiger partial charge < -0.3 is 10.5 Å². The number of rotatable bonds is 4. The second-order valence-electron chi connectivity index (χ2n) is 4.18. The van der Waals surface area contributed by atoms with Gasteiger partial charge in [-0.1, -0.05) is 18.9 Å². The van der Waals surface area contributed by atoms with Crippen molar-refractivity contribution >= 4 is 5.97 Å². The van der Waals surface area contributed by atoms with Crippen molar-refractivity contribution in [2.75, 3.05) is 0 Å². The minimum atomic E-state index is -0.536. The Kier molecular flexibility index (Phi) is 5.40. The first-order valence-electron chi connectivity index (χ1n) is 5.81. The molecule has 0 spiro atoms. The first-order chi connectivity index (χ1) is 7.24. The van der Waals surface area contributed by atoms with Gasteiger partial charge in [0, 0.05) is 0 Å². The summed E-state index contributed by atoms with van der Waals surface area (Å²) in [6.07, 6.45) is 9.06. The minimum absolute atomic E-state index is 0.0934. The van der Waals surface area contributed by atoms with Crippen molar-refractivity contribution in [2.24, 2.45) is 5.73 Å². The lowest BCUT2D eigenvalue weighted by Gasteiger charge is -2.17. The number of nitrogens with two attached hydrogens (primary N) is 1. The van der Waals surface area contributed by atoms with Crippen molar-refractivity contribution in [1.29, 1.82) is 0 Å². The van der Waals surface area contributed by atoms with Gasteiger partial charge in [-0.3, -0.25) is 4.79 Å². The van der Waals surface area contributed by atoms with E-state index in [-0.39, 0.29) is 12.1 Å². The van der Waals surface area contributed by atoms with Crippen LogP contribution in [0.5, 0.6) is 0 Å². The van der Waals surface area contributed by atoms with Crippen LogP contribution in [0.4, 0.5) is 0 Å². The van der Waals surface area contributed by atoms with Gasteiger partial charge >= 0.3 is 5.97 Å². The third-order valence-corrected chi connectivity index (χ3v) is 2.81. The molecule has 15 heavy (non-hydrogen) atoms. The molecule has 0 aromatic heterocycles. The zero-order valence-electron chi connectivity index (χ0n) is 9.28. The molecule has 1 aliphatic rings. The van der Waals surface area contributed by atoms with E-state index in [0.29, 0.717) is 6.42 Å². The van der Waals surface area contributed by atoms with Gasteiger partial charge in [0.2, 0.25) is 0 Å². The maximum atomic E-state index is 11.5. The predicted molar refractivity (Wildman–Crippen MR) is 60.4 cm³/mol. The molecule has 3 nitrogen and oxygen atoms in total. The minimum Gasteiger partial charge on any atom is -0.461 e. The zero-order valence-corrected chi connectivity index (χ0v) is 9.28. The highest BCUT2D eigenvalue weighted by atomic mass is 16.5. The van der Waals surface area contributed by atoms with Crippen LogP contribution in [0, 0.1) is 0 Å². The second kappa shape index (κ2) is 6.62. The van der Waals surface area contributed by atoms with Crippen LogP contribution in [-0.4, -0.2) is 18.1 Å². The average molecular weight is 211 g/mol. The monoisotopic (exact) mass is 211 g/mol. The van der Waals surface area contributed by atoms with Crippen molar-refractivity contribution in [3.8, 4) is 0 Å². The van der Waals surface area contributed by atoms with Crippen molar-refractivity contribution in [3.05, 3.63) is 12.7 Å². The van der Waals surface area contributed by atoms with Crippen LogP contribution in [0.25, 0.3) is 0 Å². The van der Waals surface area contributed by atoms with E-state index in [4.69, 9.17) is 10.5 Å². The maximum absolute atomic E-state index is 11.5. The quantitative estimate of drug-likeness (QED) is 0.440. The Balaban J connectivity index is 2.31. The Bertz CT molecular complexity index is 208. The van der Waals surface area contributed by atoms with Gasteiger partial charge in [0.1, 0.15) is 12.1 Å². The molecule has 0 bridgehead atoms. The van der Waals surface area contributed by atoms with Crippen LogP contribution in [0.15, 0.2) is 12.7 Å². The summed E-state index contributed by atoms with van der Waals surface area (Å²) in [5, 5.41) is 0. The Hall–Kier alpha value is -0.830. The third-order valence-electron chi connectivity index (χ3n) is 2.81. The fourth-order valence-corrected chi connectivity index (χ4v) is 1.89. The largest absolute Gasteiger partial charge is 0.461 e. The van der Waals surface area contributed by atoms with E-state index in [2.05, 4.69) is 6.58 Å². The molecule has 0 amide bonds. The smallest absolute Gasteiger partial charge is 0.323 e. The van der Waals surface area contributed by atoms with E-state index in [0.717, 1.165) is 25.7 Å². The molecule has 0 aromatic carbocycles. The Morgan fingerprint density at radius 3 is 2.53 bits per heavy atom. The Morgan fingerprint density at radius 2 is 2.00 bits per heavy atom. The maximum Gasteiger partial charge on any atom is 0.323 e. The van der Waals surface area contributed by atoms with Gasteiger partial charge in [-0.05, 0) is 32.1 Å². The molecule has 2 N–H and O–H groups in total. The first-order valence-corrected chi connectivity index (χ1v) is 5.81. The summed E-state index contributed by atoms with van der Waals surface area (Å²) >= 11 is 0. The van der Waals surface area contributed by atoms with E-state index in [1.807, 2.05) is 0 Å². The van der Waals surface area contributed by atoms with Crippen molar-refractivity contribution in [2.45, 2.75) is 57.1 Å². The van der Waals surface area contributed by atoms with Gasteiger partial charge in [0.15, 0.2) is 0 Å². The standard InChI is InChI=1S/C12H21NO2/c1-2-7-11(13)12(14)15-10-8-5-3-4-6-9-10/h2,10-11H,1,3-9,13H2. The highest BCUT2D eigenvalue weighted by Gasteiger charge is 2.20. The van der Waals surface area contributed by atoms with Gasteiger partial charge in [-0.15, -0.1) is 6.58 Å². The molecule has 0 aromatic rings. The van der Waals surface area contributed by atoms with E-state index in [1.54, 1.807) is 6.08 Å². The van der Waals surface area contributed by atoms with Gasteiger partial charge in [-0.2, -0.15) is 0 Å². The molecular formula is C12H21NO2. The lowest BCUT2D eigenvalue weighted by Crippen LogP contribution is -2.34. The Labute approximate surface area is 91.7 Å². The number of ether oxygens (including phenoxy) is 1. The molecule has 0 radical (unpaired) electrons. The molecular weight excluding hydrogens is 190 g/mol. The number of esters is 1. The molecule has 1 saturated carbocycles. The summed E-state index contributed by atoms with van der Waals surface area (Å²) in [7, 11) is 0. The number of hydrogen-bond acceptors (Lipinski definition) is 3. The summed E-state index contributed by atoms with van der Waals surface area (Å²) < 4.78 is 5.37. The van der Waals surface area contributed by atoms with E-state index in [9.17, 15) is 4.79 Å². The molecule has 1 rings (SSSR count). The number of carbonyl (C=O) groups is 1. The number of hydrogen-bond donors (Lipinski definition) is 1. The molecule has 0 saturated heterocycles. The normalized spacial score (nSPS) is 20.3. The lowest BCUT2D eigenvalue weighted by atomic mass is 10.1. The summed E-state index contributed by atoms with van der Waals surface area (Å²) in [5.74, 6) is -0.276. The fourth-order valence-electron chi connectivity index (χ4n) is 1.89. The molecule has 0 aliphatic heterocycles. The van der Waals surface area contributed by atoms with Gasteiger partial charge in [-0.25, -0.2) is 0 Å². The highest BCUT2D eigenvalue weighted by molar-refractivity contribution is 5.75. The van der Waals surface area contributed by atoms with Crippen LogP contribution >= 0.6 is 0 Å². The average Bonchev–Trinajstić information content (AvgIpc) is 2.46. The van der Waals surface area contributed by atoms with E-state index >= 15 is 0 Å². The zero-order chi connectivity index (χ0) is 11.1. The second-order valence-corrected chi connectivity index (χ2v) is 4.18. The van der Waals surface area contributed by atoms with Crippen LogP contribution in [-0.2, 0) is 9.53 Å². The van der Waals surface area contributed by atoms with Gasteiger partial charge in [0.25, 0.3) is 0 Å². The van der Waals surface area contributed by atoms with Crippen LogP contribution < -0.4 is 5.73 Å².